The van der Waals surface area contributed by atoms with E-state index in [1.165, 1.54) is 34.4 Å². The molecule has 2 aliphatic rings. The van der Waals surface area contributed by atoms with Gasteiger partial charge >= 0.3 is 0 Å². The average molecular weight is 419 g/mol. The molecule has 0 radical (unpaired) electrons. The van der Waals surface area contributed by atoms with Crippen LogP contribution in [0.2, 0.25) is 0 Å². The van der Waals surface area contributed by atoms with Crippen LogP contribution in [0.4, 0.5) is 0 Å². The van der Waals surface area contributed by atoms with E-state index in [9.17, 15) is 14.4 Å². The second-order valence-electron chi connectivity index (χ2n) is 8.64. The lowest BCUT2D eigenvalue weighted by Gasteiger charge is -2.20. The zero-order valence-corrected chi connectivity index (χ0v) is 18.2. The van der Waals surface area contributed by atoms with Gasteiger partial charge in [0.15, 0.2) is 0 Å². The number of amides is 3. The Labute approximate surface area is 183 Å². The second kappa shape index (κ2) is 9.46. The molecule has 5 heteroatoms. The lowest BCUT2D eigenvalue weighted by atomic mass is 9.89. The first-order valence-electron chi connectivity index (χ1n) is 11.4. The zero-order valence-electron chi connectivity index (χ0n) is 18.2. The van der Waals surface area contributed by atoms with Gasteiger partial charge in [0.25, 0.3) is 11.8 Å². The molecule has 31 heavy (non-hydrogen) atoms. The minimum absolute atomic E-state index is 0.00178. The Morgan fingerprint density at radius 2 is 1.61 bits per heavy atom. The molecule has 1 heterocycles. The summed E-state index contributed by atoms with van der Waals surface area (Å²) in [5.74, 6) is -0.375. The number of carbonyl (C=O) groups excluding carboxylic acids is 3. The van der Waals surface area contributed by atoms with Gasteiger partial charge in [-0.3, -0.25) is 19.3 Å². The van der Waals surface area contributed by atoms with Crippen molar-refractivity contribution in [2.24, 2.45) is 0 Å². The lowest BCUT2D eigenvalue weighted by molar-refractivity contribution is -0.121. The van der Waals surface area contributed by atoms with Crippen LogP contribution in [0, 0.1) is 0 Å². The summed E-state index contributed by atoms with van der Waals surface area (Å²) in [5, 5.41) is 3.10. The summed E-state index contributed by atoms with van der Waals surface area (Å²) in [4.78, 5) is 38.4. The number of benzene rings is 2. The molecule has 1 unspecified atom stereocenters. The molecule has 2 aromatic carbocycles. The van der Waals surface area contributed by atoms with E-state index in [0.717, 1.165) is 25.7 Å². The van der Waals surface area contributed by atoms with Crippen LogP contribution in [0.3, 0.4) is 0 Å². The number of nitrogens with zero attached hydrogens (tertiary/aromatic N) is 1. The first-order chi connectivity index (χ1) is 15.0. The largest absolute Gasteiger partial charge is 0.350 e. The fraction of sp³-hybridized carbons (Fsp3) is 0.423. The van der Waals surface area contributed by atoms with Crippen molar-refractivity contribution in [2.75, 3.05) is 6.54 Å². The van der Waals surface area contributed by atoms with Gasteiger partial charge in [-0.25, -0.2) is 0 Å². The van der Waals surface area contributed by atoms with Gasteiger partial charge in [-0.15, -0.1) is 0 Å². The Kier molecular flexibility index (Phi) is 6.50. The highest BCUT2D eigenvalue weighted by Crippen LogP contribution is 2.25. The summed E-state index contributed by atoms with van der Waals surface area (Å²) in [5.41, 5.74) is 5.02. The molecule has 0 bridgehead atoms. The van der Waals surface area contributed by atoms with Gasteiger partial charge in [-0.2, -0.15) is 0 Å². The van der Waals surface area contributed by atoms with Crippen LogP contribution >= 0.6 is 0 Å². The fourth-order valence-corrected chi connectivity index (χ4v) is 4.59. The second-order valence-corrected chi connectivity index (χ2v) is 8.64. The third-order valence-electron chi connectivity index (χ3n) is 6.41. The van der Waals surface area contributed by atoms with Gasteiger partial charge in [0, 0.05) is 13.0 Å². The number of fused-ring (bicyclic) bond motifs is 2. The molecule has 3 amide bonds. The van der Waals surface area contributed by atoms with E-state index in [1.807, 2.05) is 6.92 Å². The quantitative estimate of drug-likeness (QED) is 0.503. The molecule has 0 fully saturated rings. The highest BCUT2D eigenvalue weighted by molar-refractivity contribution is 6.21. The number of nitrogens with one attached hydrogen (secondary N) is 1. The maximum absolute atomic E-state index is 12.4. The summed E-state index contributed by atoms with van der Waals surface area (Å²) in [7, 11) is 0. The Bertz CT molecular complexity index is 963. The molecular weight excluding hydrogens is 388 g/mol. The number of imide groups is 1. The summed E-state index contributed by atoms with van der Waals surface area (Å²) >= 11 is 0. The van der Waals surface area contributed by atoms with E-state index in [-0.39, 0.29) is 23.8 Å². The van der Waals surface area contributed by atoms with Crippen LogP contribution < -0.4 is 5.32 Å². The van der Waals surface area contributed by atoms with Gasteiger partial charge in [0.1, 0.15) is 0 Å². The van der Waals surface area contributed by atoms with E-state index in [2.05, 4.69) is 23.5 Å². The first-order valence-corrected chi connectivity index (χ1v) is 11.4. The molecule has 1 N–H and O–H groups in total. The predicted molar refractivity (Wildman–Crippen MR) is 120 cm³/mol. The van der Waals surface area contributed by atoms with Crippen LogP contribution in [-0.2, 0) is 17.6 Å². The number of carbonyl (C=O) groups is 3. The molecule has 162 valence electrons. The monoisotopic (exact) mass is 418 g/mol. The number of hydrogen-bond acceptors (Lipinski definition) is 3. The Morgan fingerprint density at radius 3 is 2.32 bits per heavy atom. The molecule has 5 nitrogen and oxygen atoms in total. The average Bonchev–Trinajstić information content (AvgIpc) is 3.03. The van der Waals surface area contributed by atoms with Gasteiger partial charge in [0.2, 0.25) is 5.91 Å². The Morgan fingerprint density at radius 1 is 0.935 bits per heavy atom. The van der Waals surface area contributed by atoms with Gasteiger partial charge in [-0.1, -0.05) is 36.8 Å². The van der Waals surface area contributed by atoms with Crippen LogP contribution in [0.1, 0.15) is 88.9 Å². The molecule has 0 saturated carbocycles. The highest BCUT2D eigenvalue weighted by atomic mass is 16.2. The minimum Gasteiger partial charge on any atom is -0.350 e. The minimum atomic E-state index is -0.211. The van der Waals surface area contributed by atoms with E-state index in [4.69, 9.17) is 0 Å². The van der Waals surface area contributed by atoms with E-state index in [0.29, 0.717) is 30.5 Å². The van der Waals surface area contributed by atoms with Crippen LogP contribution in [-0.4, -0.2) is 29.2 Å². The maximum Gasteiger partial charge on any atom is 0.261 e. The van der Waals surface area contributed by atoms with E-state index >= 15 is 0 Å². The van der Waals surface area contributed by atoms with Crippen molar-refractivity contribution in [1.82, 2.24) is 10.2 Å². The third kappa shape index (κ3) is 4.71. The number of rotatable bonds is 8. The molecule has 4 rings (SSSR count). The molecule has 2 aromatic rings. The zero-order chi connectivity index (χ0) is 21.8. The maximum atomic E-state index is 12.4. The molecule has 1 atom stereocenters. The van der Waals surface area contributed by atoms with Crippen LogP contribution in [0.5, 0.6) is 0 Å². The van der Waals surface area contributed by atoms with Gasteiger partial charge in [-0.05, 0) is 74.3 Å². The number of hydrogen-bond donors (Lipinski definition) is 1. The smallest absolute Gasteiger partial charge is 0.261 e. The van der Waals surface area contributed by atoms with Crippen molar-refractivity contribution in [3.05, 3.63) is 70.3 Å². The van der Waals surface area contributed by atoms with Crippen LogP contribution in [0.15, 0.2) is 42.5 Å². The normalized spacial score (nSPS) is 16.1. The van der Waals surface area contributed by atoms with Crippen molar-refractivity contribution in [3.63, 3.8) is 0 Å². The lowest BCUT2D eigenvalue weighted by Crippen LogP contribution is -2.30. The van der Waals surface area contributed by atoms with Gasteiger partial charge in [0.05, 0.1) is 17.2 Å². The van der Waals surface area contributed by atoms with Crippen molar-refractivity contribution < 1.29 is 14.4 Å². The van der Waals surface area contributed by atoms with Crippen molar-refractivity contribution in [2.45, 2.75) is 64.3 Å². The van der Waals surface area contributed by atoms with Gasteiger partial charge < -0.3 is 5.32 Å². The first kappa shape index (κ1) is 21.3. The molecule has 1 aliphatic heterocycles. The topological polar surface area (TPSA) is 66.5 Å². The standard InChI is InChI=1S/C26H30N2O3/c1-18(20-15-14-19-9-4-5-10-21(19)17-20)27-24(29)13-3-2-8-16-28-25(30)22-11-6-7-12-23(22)26(28)31/h6-7,11-12,14-15,17-18H,2-5,8-10,13,16H2,1H3,(H,27,29). The van der Waals surface area contributed by atoms with E-state index in [1.54, 1.807) is 24.3 Å². The molecule has 1 aliphatic carbocycles. The summed E-state index contributed by atoms with van der Waals surface area (Å²) in [6.07, 6.45) is 7.52. The molecule has 0 saturated heterocycles. The Balaban J connectivity index is 1.18. The third-order valence-corrected chi connectivity index (χ3v) is 6.41. The summed E-state index contributed by atoms with van der Waals surface area (Å²) < 4.78 is 0. The highest BCUT2D eigenvalue weighted by Gasteiger charge is 2.34. The van der Waals surface area contributed by atoms with Crippen molar-refractivity contribution in [3.8, 4) is 0 Å². The van der Waals surface area contributed by atoms with Crippen LogP contribution in [0.25, 0.3) is 0 Å². The number of unbranched alkanes of at least 4 members (excludes halogenated alkanes) is 2. The Hall–Kier alpha value is -2.95. The molecule has 0 spiro atoms. The summed E-state index contributed by atoms with van der Waals surface area (Å²) in [6.45, 7) is 2.43. The number of aryl methyl sites for hydroxylation is 2. The van der Waals surface area contributed by atoms with Crippen molar-refractivity contribution >= 4 is 17.7 Å². The van der Waals surface area contributed by atoms with E-state index < -0.39 is 0 Å². The van der Waals surface area contributed by atoms with Crippen molar-refractivity contribution in [1.29, 1.82) is 0 Å². The predicted octanol–water partition coefficient (Wildman–Crippen LogP) is 4.60. The summed E-state index contributed by atoms with van der Waals surface area (Å²) in [6, 6.07) is 13.5. The SMILES string of the molecule is CC(NC(=O)CCCCCN1C(=O)c2ccccc2C1=O)c1ccc2c(c1)CCCC2. The molecule has 0 aromatic heterocycles. The molecular formula is C26H30N2O3. The fourth-order valence-electron chi connectivity index (χ4n) is 4.59.